The number of hydrogen-bond donors (Lipinski definition) is 3. The topological polar surface area (TPSA) is 61.7 Å². The molecule has 0 spiro atoms. The highest BCUT2D eigenvalue weighted by Crippen LogP contribution is 2.18. The Morgan fingerprint density at radius 3 is 2.71 bits per heavy atom. The van der Waals surface area contributed by atoms with Crippen LogP contribution in [0.1, 0.15) is 18.1 Å². The van der Waals surface area contributed by atoms with Crippen LogP contribution in [-0.2, 0) is 0 Å². The molecule has 3 N–H and O–H groups in total. The van der Waals surface area contributed by atoms with Crippen molar-refractivity contribution in [1.82, 2.24) is 5.32 Å². The lowest BCUT2D eigenvalue weighted by Gasteiger charge is -2.23. The first kappa shape index (κ1) is 18.3. The second-order valence-corrected chi connectivity index (χ2v) is 6.66. The molecule has 0 fully saturated rings. The Morgan fingerprint density at radius 2 is 2.10 bits per heavy atom. The summed E-state index contributed by atoms with van der Waals surface area (Å²) in [5.74, 6) is 1.46. The van der Waals surface area contributed by atoms with E-state index in [2.05, 4.69) is 11.4 Å². The van der Waals surface area contributed by atoms with E-state index < -0.39 is 11.7 Å². The molecule has 0 amide bonds. The zero-order valence-corrected chi connectivity index (χ0v) is 14.2. The van der Waals surface area contributed by atoms with Crippen LogP contribution in [0.5, 0.6) is 5.75 Å². The average Bonchev–Trinajstić information content (AvgIpc) is 2.37. The van der Waals surface area contributed by atoms with Crippen LogP contribution in [0.4, 0.5) is 0 Å². The van der Waals surface area contributed by atoms with E-state index in [1.165, 1.54) is 5.56 Å². The van der Waals surface area contributed by atoms with Gasteiger partial charge in [0.15, 0.2) is 0 Å². The molecule has 21 heavy (non-hydrogen) atoms. The Bertz CT molecular complexity index is 438. The smallest absolute Gasteiger partial charge is 0.122 e. The van der Waals surface area contributed by atoms with E-state index in [-0.39, 0.29) is 6.61 Å². The molecule has 2 atom stereocenters. The lowest BCUT2D eigenvalue weighted by Crippen LogP contribution is -2.43. The summed E-state index contributed by atoms with van der Waals surface area (Å²) in [6.07, 6.45) is 1.36. The molecular weight excluding hydrogens is 286 g/mol. The SMILES string of the molecule is CSCC(C)(O)CNCC(O)COc1ccc(C)cc1C. The van der Waals surface area contributed by atoms with E-state index in [0.717, 1.165) is 11.3 Å². The van der Waals surface area contributed by atoms with Crippen molar-refractivity contribution in [1.29, 1.82) is 0 Å². The van der Waals surface area contributed by atoms with E-state index in [4.69, 9.17) is 4.74 Å². The van der Waals surface area contributed by atoms with Crippen LogP contribution in [0, 0.1) is 13.8 Å². The first-order chi connectivity index (χ1) is 9.84. The van der Waals surface area contributed by atoms with E-state index in [0.29, 0.717) is 18.8 Å². The molecular formula is C16H27NO3S. The first-order valence-electron chi connectivity index (χ1n) is 7.14. The Labute approximate surface area is 131 Å². The van der Waals surface area contributed by atoms with Crippen LogP contribution < -0.4 is 10.1 Å². The quantitative estimate of drug-likeness (QED) is 0.648. The Balaban J connectivity index is 2.29. The number of nitrogens with one attached hydrogen (secondary N) is 1. The molecule has 1 aromatic carbocycles. The third-order valence-corrected chi connectivity index (χ3v) is 4.01. The van der Waals surface area contributed by atoms with Crippen LogP contribution >= 0.6 is 11.8 Å². The fourth-order valence-electron chi connectivity index (χ4n) is 2.08. The molecule has 1 aromatic rings. The van der Waals surface area contributed by atoms with Crippen LogP contribution in [0.3, 0.4) is 0 Å². The number of thioether (sulfide) groups is 1. The van der Waals surface area contributed by atoms with E-state index in [1.807, 2.05) is 32.2 Å². The minimum Gasteiger partial charge on any atom is -0.491 e. The maximum Gasteiger partial charge on any atom is 0.122 e. The summed E-state index contributed by atoms with van der Waals surface area (Å²) in [6, 6.07) is 5.97. The van der Waals surface area contributed by atoms with Crippen LogP contribution in [-0.4, -0.2) is 53.6 Å². The normalized spacial score (nSPS) is 15.5. The number of benzene rings is 1. The molecule has 0 heterocycles. The predicted molar refractivity (Wildman–Crippen MR) is 89.3 cm³/mol. The van der Waals surface area contributed by atoms with Gasteiger partial charge in [0.25, 0.3) is 0 Å². The number of rotatable bonds is 9. The molecule has 5 heteroatoms. The van der Waals surface area contributed by atoms with Gasteiger partial charge in [-0.1, -0.05) is 17.7 Å². The van der Waals surface area contributed by atoms with E-state index >= 15 is 0 Å². The zero-order chi connectivity index (χ0) is 15.9. The van der Waals surface area contributed by atoms with Crippen molar-refractivity contribution >= 4 is 11.8 Å². The summed E-state index contributed by atoms with van der Waals surface area (Å²) in [4.78, 5) is 0. The van der Waals surface area contributed by atoms with Gasteiger partial charge >= 0.3 is 0 Å². The molecule has 0 aromatic heterocycles. The summed E-state index contributed by atoms with van der Waals surface area (Å²) >= 11 is 1.60. The second-order valence-electron chi connectivity index (χ2n) is 5.79. The molecule has 0 aliphatic carbocycles. The van der Waals surface area contributed by atoms with Gasteiger partial charge in [0.1, 0.15) is 18.5 Å². The minimum absolute atomic E-state index is 0.238. The van der Waals surface area contributed by atoms with Gasteiger partial charge in [-0.2, -0.15) is 11.8 Å². The molecule has 0 saturated heterocycles. The van der Waals surface area contributed by atoms with Crippen molar-refractivity contribution in [2.75, 3.05) is 31.7 Å². The molecule has 2 unspecified atom stereocenters. The van der Waals surface area contributed by atoms with Gasteiger partial charge in [0.2, 0.25) is 0 Å². The highest BCUT2D eigenvalue weighted by atomic mass is 32.2. The number of aliphatic hydroxyl groups excluding tert-OH is 1. The Morgan fingerprint density at radius 1 is 1.38 bits per heavy atom. The highest BCUT2D eigenvalue weighted by molar-refractivity contribution is 7.98. The first-order valence-corrected chi connectivity index (χ1v) is 8.53. The summed E-state index contributed by atoms with van der Waals surface area (Å²) in [5.41, 5.74) is 1.50. The summed E-state index contributed by atoms with van der Waals surface area (Å²) in [6.45, 7) is 6.91. The van der Waals surface area contributed by atoms with Gasteiger partial charge in [-0.25, -0.2) is 0 Å². The monoisotopic (exact) mass is 313 g/mol. The molecule has 120 valence electrons. The Kier molecular flexibility index (Phi) is 7.52. The Hall–Kier alpha value is -0.750. The maximum absolute atomic E-state index is 10.0. The zero-order valence-electron chi connectivity index (χ0n) is 13.3. The van der Waals surface area contributed by atoms with Crippen molar-refractivity contribution in [3.05, 3.63) is 29.3 Å². The van der Waals surface area contributed by atoms with E-state index in [9.17, 15) is 10.2 Å². The van der Waals surface area contributed by atoms with Gasteiger partial charge in [-0.15, -0.1) is 0 Å². The van der Waals surface area contributed by atoms with Crippen LogP contribution in [0.15, 0.2) is 18.2 Å². The van der Waals surface area contributed by atoms with Crippen molar-refractivity contribution in [2.45, 2.75) is 32.5 Å². The molecule has 1 rings (SSSR count). The van der Waals surface area contributed by atoms with Crippen molar-refractivity contribution < 1.29 is 14.9 Å². The average molecular weight is 313 g/mol. The largest absolute Gasteiger partial charge is 0.491 e. The summed E-state index contributed by atoms with van der Waals surface area (Å²) in [7, 11) is 0. The third kappa shape index (κ3) is 7.18. The van der Waals surface area contributed by atoms with Gasteiger partial charge in [0.05, 0.1) is 5.60 Å². The fourth-order valence-corrected chi connectivity index (χ4v) is 2.80. The number of aliphatic hydroxyl groups is 2. The molecule has 0 aliphatic heterocycles. The van der Waals surface area contributed by atoms with Crippen LogP contribution in [0.25, 0.3) is 0 Å². The summed E-state index contributed by atoms with van der Waals surface area (Å²) < 4.78 is 5.63. The van der Waals surface area contributed by atoms with Crippen LogP contribution in [0.2, 0.25) is 0 Å². The van der Waals surface area contributed by atoms with E-state index in [1.54, 1.807) is 18.7 Å². The molecule has 0 saturated carbocycles. The second kappa shape index (κ2) is 8.63. The maximum atomic E-state index is 10.0. The van der Waals surface area contributed by atoms with Gasteiger partial charge in [-0.05, 0) is 38.7 Å². The number of aryl methyl sites for hydroxylation is 2. The lowest BCUT2D eigenvalue weighted by molar-refractivity contribution is 0.0700. The van der Waals surface area contributed by atoms with Gasteiger partial charge < -0.3 is 20.3 Å². The lowest BCUT2D eigenvalue weighted by atomic mass is 10.1. The number of hydrogen-bond acceptors (Lipinski definition) is 5. The standard InChI is InChI=1S/C16H27NO3S/c1-12-5-6-15(13(2)7-12)20-9-14(18)8-17-10-16(3,19)11-21-4/h5-7,14,17-19H,8-11H2,1-4H3. The fraction of sp³-hybridized carbons (Fsp3) is 0.625. The number of ether oxygens (including phenoxy) is 1. The molecule has 0 radical (unpaired) electrons. The van der Waals surface area contributed by atoms with Gasteiger partial charge in [0, 0.05) is 18.8 Å². The van der Waals surface area contributed by atoms with Crippen molar-refractivity contribution in [3.8, 4) is 5.75 Å². The van der Waals surface area contributed by atoms with Gasteiger partial charge in [-0.3, -0.25) is 0 Å². The highest BCUT2D eigenvalue weighted by Gasteiger charge is 2.19. The van der Waals surface area contributed by atoms with Crippen molar-refractivity contribution in [2.24, 2.45) is 0 Å². The van der Waals surface area contributed by atoms with Crippen molar-refractivity contribution in [3.63, 3.8) is 0 Å². The molecule has 0 bridgehead atoms. The molecule has 4 nitrogen and oxygen atoms in total. The predicted octanol–water partition coefficient (Wildman–Crippen LogP) is 1.75. The molecule has 0 aliphatic rings. The summed E-state index contributed by atoms with van der Waals surface area (Å²) in [5, 5.41) is 23.0. The third-order valence-electron chi connectivity index (χ3n) is 3.10. The minimum atomic E-state index is -0.756.